The molecule has 1 rings (SSSR count). The van der Waals surface area contributed by atoms with Gasteiger partial charge in [-0.25, -0.2) is 9.59 Å². The van der Waals surface area contributed by atoms with E-state index in [-0.39, 0.29) is 12.0 Å². The van der Waals surface area contributed by atoms with Crippen LogP contribution in [0.1, 0.15) is 45.0 Å². The molecular weight excluding hydrogens is 296 g/mol. The highest BCUT2D eigenvalue weighted by Crippen LogP contribution is 2.17. The van der Waals surface area contributed by atoms with E-state index < -0.39 is 11.7 Å². The summed E-state index contributed by atoms with van der Waals surface area (Å²) in [6, 6.07) is 7.03. The topological polar surface area (TPSA) is 76.7 Å². The summed E-state index contributed by atoms with van der Waals surface area (Å²) in [7, 11) is 0. The number of hydrogen-bond acceptors (Lipinski definition) is 5. The third-order valence-electron chi connectivity index (χ3n) is 2.78. The van der Waals surface area contributed by atoms with Crippen LogP contribution in [0.2, 0.25) is 0 Å². The van der Waals surface area contributed by atoms with Gasteiger partial charge < -0.3 is 20.1 Å². The van der Waals surface area contributed by atoms with Crippen molar-refractivity contribution in [1.82, 2.24) is 5.32 Å². The molecule has 6 nitrogen and oxygen atoms in total. The number of esters is 1. The molecule has 23 heavy (non-hydrogen) atoms. The summed E-state index contributed by atoms with van der Waals surface area (Å²) in [5.74, 6) is -0.372. The van der Waals surface area contributed by atoms with Gasteiger partial charge in [-0.2, -0.15) is 0 Å². The number of rotatable bonds is 6. The van der Waals surface area contributed by atoms with Gasteiger partial charge in [-0.05, 0) is 46.8 Å². The molecule has 1 aromatic carbocycles. The zero-order valence-corrected chi connectivity index (χ0v) is 14.4. The first-order chi connectivity index (χ1) is 10.7. The molecule has 0 aromatic heterocycles. The van der Waals surface area contributed by atoms with Gasteiger partial charge in [-0.15, -0.1) is 0 Å². The molecule has 0 bridgehead atoms. The summed E-state index contributed by atoms with van der Waals surface area (Å²) in [5, 5.41) is 5.89. The van der Waals surface area contributed by atoms with Crippen LogP contribution in [0.5, 0.6) is 0 Å². The Hall–Kier alpha value is -2.24. The fraction of sp³-hybridized carbons (Fsp3) is 0.529. The number of alkyl carbamates (subject to hydrolysis) is 1. The van der Waals surface area contributed by atoms with Crippen LogP contribution >= 0.6 is 0 Å². The number of carbonyl (C=O) groups is 2. The number of carbonyl (C=O) groups excluding carboxylic acids is 2. The summed E-state index contributed by atoms with van der Waals surface area (Å²) < 4.78 is 10.2. The maximum absolute atomic E-state index is 11.9. The van der Waals surface area contributed by atoms with E-state index in [0.717, 1.165) is 0 Å². The molecule has 1 amide bonds. The number of anilines is 1. The Kier molecular flexibility index (Phi) is 6.88. The Morgan fingerprint density at radius 2 is 1.87 bits per heavy atom. The normalized spacial score (nSPS) is 12.2. The highest BCUT2D eigenvalue weighted by Gasteiger charge is 2.17. The van der Waals surface area contributed by atoms with Crippen molar-refractivity contribution in [3.05, 3.63) is 29.8 Å². The predicted molar refractivity (Wildman–Crippen MR) is 89.7 cm³/mol. The van der Waals surface area contributed by atoms with Gasteiger partial charge in [0.1, 0.15) is 5.60 Å². The van der Waals surface area contributed by atoms with Gasteiger partial charge in [0, 0.05) is 18.3 Å². The first-order valence-electron chi connectivity index (χ1n) is 7.72. The number of para-hydroxylation sites is 1. The standard InChI is InChI=1S/C17H26N2O4/c1-6-22-15(20)13-9-7-8-10-14(13)19-12(2)11-18-16(21)23-17(3,4)5/h7-10,12,19H,6,11H2,1-5H3,(H,18,21). The Morgan fingerprint density at radius 1 is 1.22 bits per heavy atom. The van der Waals surface area contributed by atoms with Crippen LogP contribution in [0.4, 0.5) is 10.5 Å². The van der Waals surface area contributed by atoms with E-state index >= 15 is 0 Å². The summed E-state index contributed by atoms with van der Waals surface area (Å²) in [6.45, 7) is 9.78. The molecular formula is C17H26N2O4. The maximum Gasteiger partial charge on any atom is 0.407 e. The van der Waals surface area contributed by atoms with Crippen molar-refractivity contribution in [2.75, 3.05) is 18.5 Å². The van der Waals surface area contributed by atoms with Crippen LogP contribution in [0.25, 0.3) is 0 Å². The second kappa shape index (κ2) is 8.41. The van der Waals surface area contributed by atoms with Gasteiger partial charge in [0.15, 0.2) is 0 Å². The van der Waals surface area contributed by atoms with E-state index in [2.05, 4.69) is 10.6 Å². The fourth-order valence-electron chi connectivity index (χ4n) is 1.86. The van der Waals surface area contributed by atoms with E-state index in [1.807, 2.05) is 33.8 Å². The Balaban J connectivity index is 2.59. The van der Waals surface area contributed by atoms with Gasteiger partial charge in [-0.3, -0.25) is 0 Å². The van der Waals surface area contributed by atoms with Crippen molar-refractivity contribution in [3.8, 4) is 0 Å². The van der Waals surface area contributed by atoms with E-state index in [9.17, 15) is 9.59 Å². The van der Waals surface area contributed by atoms with Crippen molar-refractivity contribution >= 4 is 17.7 Å². The molecule has 1 aromatic rings. The van der Waals surface area contributed by atoms with E-state index in [4.69, 9.17) is 9.47 Å². The molecule has 128 valence electrons. The van der Waals surface area contributed by atoms with E-state index in [1.165, 1.54) is 0 Å². The largest absolute Gasteiger partial charge is 0.462 e. The van der Waals surface area contributed by atoms with Crippen LogP contribution in [0, 0.1) is 0 Å². The first-order valence-corrected chi connectivity index (χ1v) is 7.72. The van der Waals surface area contributed by atoms with Gasteiger partial charge in [0.05, 0.1) is 12.2 Å². The lowest BCUT2D eigenvalue weighted by Gasteiger charge is -2.22. The molecule has 0 fully saturated rings. The monoisotopic (exact) mass is 322 g/mol. The fourth-order valence-corrected chi connectivity index (χ4v) is 1.86. The van der Waals surface area contributed by atoms with Gasteiger partial charge in [0.2, 0.25) is 0 Å². The van der Waals surface area contributed by atoms with Crippen LogP contribution in [0.15, 0.2) is 24.3 Å². The third-order valence-corrected chi connectivity index (χ3v) is 2.78. The Bertz CT molecular complexity index is 538. The van der Waals surface area contributed by atoms with Crippen LogP contribution < -0.4 is 10.6 Å². The minimum Gasteiger partial charge on any atom is -0.462 e. The zero-order valence-electron chi connectivity index (χ0n) is 14.4. The third kappa shape index (κ3) is 7.04. The first kappa shape index (κ1) is 18.8. The molecule has 2 N–H and O–H groups in total. The SMILES string of the molecule is CCOC(=O)c1ccccc1NC(C)CNC(=O)OC(C)(C)C. The lowest BCUT2D eigenvalue weighted by atomic mass is 10.1. The van der Waals surface area contributed by atoms with Crippen LogP contribution in [-0.2, 0) is 9.47 Å². The number of benzene rings is 1. The predicted octanol–water partition coefficient (Wildman–Crippen LogP) is 3.19. The summed E-state index contributed by atoms with van der Waals surface area (Å²) >= 11 is 0. The molecule has 0 spiro atoms. The summed E-state index contributed by atoms with van der Waals surface area (Å²) in [6.07, 6.45) is -0.468. The summed E-state index contributed by atoms with van der Waals surface area (Å²) in [4.78, 5) is 23.6. The number of hydrogen-bond donors (Lipinski definition) is 2. The van der Waals surface area contributed by atoms with Gasteiger partial charge in [0.25, 0.3) is 0 Å². The second-order valence-corrected chi connectivity index (χ2v) is 6.19. The van der Waals surface area contributed by atoms with Crippen LogP contribution in [0.3, 0.4) is 0 Å². The van der Waals surface area contributed by atoms with Crippen molar-refractivity contribution in [3.63, 3.8) is 0 Å². The molecule has 0 heterocycles. The minimum atomic E-state index is -0.530. The molecule has 0 aliphatic rings. The molecule has 0 aliphatic carbocycles. The molecule has 6 heteroatoms. The van der Waals surface area contributed by atoms with Crippen molar-refractivity contribution in [2.45, 2.75) is 46.3 Å². The van der Waals surface area contributed by atoms with E-state index in [1.54, 1.807) is 25.1 Å². The number of amides is 1. The van der Waals surface area contributed by atoms with Crippen molar-refractivity contribution in [2.24, 2.45) is 0 Å². The Labute approximate surface area is 137 Å². The van der Waals surface area contributed by atoms with E-state index in [0.29, 0.717) is 24.4 Å². The number of nitrogens with one attached hydrogen (secondary N) is 2. The number of ether oxygens (including phenoxy) is 2. The highest BCUT2D eigenvalue weighted by atomic mass is 16.6. The minimum absolute atomic E-state index is 0.0851. The van der Waals surface area contributed by atoms with Crippen LogP contribution in [-0.4, -0.2) is 36.9 Å². The molecule has 0 saturated carbocycles. The smallest absolute Gasteiger partial charge is 0.407 e. The quantitative estimate of drug-likeness (QED) is 0.787. The van der Waals surface area contributed by atoms with Gasteiger partial charge in [-0.1, -0.05) is 12.1 Å². The second-order valence-electron chi connectivity index (χ2n) is 6.19. The molecule has 0 saturated heterocycles. The molecule has 0 aliphatic heterocycles. The highest BCUT2D eigenvalue weighted by molar-refractivity contribution is 5.95. The average Bonchev–Trinajstić information content (AvgIpc) is 2.44. The molecule has 1 atom stereocenters. The Morgan fingerprint density at radius 3 is 2.48 bits per heavy atom. The maximum atomic E-state index is 11.9. The zero-order chi connectivity index (χ0) is 17.5. The lowest BCUT2D eigenvalue weighted by Crippen LogP contribution is -2.38. The van der Waals surface area contributed by atoms with Gasteiger partial charge >= 0.3 is 12.1 Å². The van der Waals surface area contributed by atoms with Crippen molar-refractivity contribution < 1.29 is 19.1 Å². The van der Waals surface area contributed by atoms with Crippen molar-refractivity contribution in [1.29, 1.82) is 0 Å². The lowest BCUT2D eigenvalue weighted by molar-refractivity contribution is 0.0514. The average molecular weight is 322 g/mol. The molecule has 0 radical (unpaired) electrons. The summed E-state index contributed by atoms with van der Waals surface area (Å²) in [5.41, 5.74) is 0.611. The molecule has 1 unspecified atom stereocenters.